The van der Waals surface area contributed by atoms with Crippen LogP contribution in [0.4, 0.5) is 0 Å². The van der Waals surface area contributed by atoms with Crippen molar-refractivity contribution in [1.82, 2.24) is 5.32 Å². The third-order valence-electron chi connectivity index (χ3n) is 4.65. The van der Waals surface area contributed by atoms with E-state index in [4.69, 9.17) is 5.11 Å². The molecule has 2 N–H and O–H groups in total. The van der Waals surface area contributed by atoms with E-state index < -0.39 is 5.97 Å². The third-order valence-corrected chi connectivity index (χ3v) is 4.65. The normalized spacial score (nSPS) is 12.4. The molecule has 0 saturated heterocycles. The van der Waals surface area contributed by atoms with E-state index in [1.54, 1.807) is 6.08 Å². The number of aliphatic carboxylic acids is 1. The van der Waals surface area contributed by atoms with Crippen molar-refractivity contribution in [2.45, 2.75) is 5.92 Å². The minimum atomic E-state index is -0.943. The van der Waals surface area contributed by atoms with Gasteiger partial charge in [0.1, 0.15) is 0 Å². The summed E-state index contributed by atoms with van der Waals surface area (Å²) in [6.07, 6.45) is 7.04. The van der Waals surface area contributed by atoms with Crippen molar-refractivity contribution < 1.29 is 9.90 Å². The van der Waals surface area contributed by atoms with Crippen LogP contribution in [-0.4, -0.2) is 24.2 Å². The van der Waals surface area contributed by atoms with Gasteiger partial charge in [-0.15, -0.1) is 0 Å². The molecule has 0 aliphatic heterocycles. The topological polar surface area (TPSA) is 49.3 Å². The maximum Gasteiger partial charge on any atom is 0.328 e. The molecule has 1 unspecified atom stereocenters. The molecule has 0 radical (unpaired) electrons. The number of hydrogen-bond donors (Lipinski definition) is 2. The Bertz CT molecular complexity index is 962. The monoisotopic (exact) mass is 383 g/mol. The van der Waals surface area contributed by atoms with Gasteiger partial charge < -0.3 is 10.4 Å². The number of carboxylic acids is 1. The van der Waals surface area contributed by atoms with E-state index in [2.05, 4.69) is 53.9 Å². The Balaban J connectivity index is 1.71. The Morgan fingerprint density at radius 1 is 0.828 bits per heavy atom. The highest BCUT2D eigenvalue weighted by Gasteiger charge is 2.13. The van der Waals surface area contributed by atoms with Crippen molar-refractivity contribution in [3.63, 3.8) is 0 Å². The van der Waals surface area contributed by atoms with E-state index in [0.717, 1.165) is 24.2 Å². The zero-order valence-electron chi connectivity index (χ0n) is 16.2. The second kappa shape index (κ2) is 10.8. The molecule has 146 valence electrons. The number of nitrogens with one attached hydrogen (secondary N) is 1. The molecule has 0 aliphatic carbocycles. The molecule has 0 aliphatic rings. The predicted octanol–water partition coefficient (Wildman–Crippen LogP) is 5.22. The maximum absolute atomic E-state index is 10.8. The fourth-order valence-corrected chi connectivity index (χ4v) is 3.23. The van der Waals surface area contributed by atoms with E-state index in [1.807, 2.05) is 48.5 Å². The van der Waals surface area contributed by atoms with Crippen LogP contribution in [0.2, 0.25) is 0 Å². The minimum absolute atomic E-state index is 0.180. The standard InChI is InChI=1S/C26H25NO2/c28-26(29)17-16-22-11-7-15-24(19-22)25(23-13-5-2-6-14-23)20-27-18-8-12-21-9-3-1-4-10-21/h1-17,19,25,27H,18,20H2,(H,28,29). The highest BCUT2D eigenvalue weighted by atomic mass is 16.4. The van der Waals surface area contributed by atoms with Crippen molar-refractivity contribution in [3.8, 4) is 0 Å². The van der Waals surface area contributed by atoms with Crippen molar-refractivity contribution in [1.29, 1.82) is 0 Å². The highest BCUT2D eigenvalue weighted by molar-refractivity contribution is 5.85. The molecular weight excluding hydrogens is 358 g/mol. The van der Waals surface area contributed by atoms with Gasteiger partial charge in [-0.1, -0.05) is 97.1 Å². The van der Waals surface area contributed by atoms with Gasteiger partial charge in [-0.3, -0.25) is 0 Å². The molecule has 0 heterocycles. The van der Waals surface area contributed by atoms with E-state index in [0.29, 0.717) is 0 Å². The van der Waals surface area contributed by atoms with Gasteiger partial charge in [0.2, 0.25) is 0 Å². The summed E-state index contributed by atoms with van der Waals surface area (Å²) in [5, 5.41) is 12.4. The van der Waals surface area contributed by atoms with Crippen molar-refractivity contribution >= 4 is 18.1 Å². The third kappa shape index (κ3) is 6.59. The molecule has 0 amide bonds. The highest BCUT2D eigenvalue weighted by Crippen LogP contribution is 2.25. The zero-order chi connectivity index (χ0) is 20.3. The molecule has 3 rings (SSSR count). The summed E-state index contributed by atoms with van der Waals surface area (Å²) in [5.41, 5.74) is 4.45. The summed E-state index contributed by atoms with van der Waals surface area (Å²) in [6, 6.07) is 28.7. The Morgan fingerprint density at radius 2 is 1.48 bits per heavy atom. The fourth-order valence-electron chi connectivity index (χ4n) is 3.23. The molecular formula is C26H25NO2. The second-order valence-corrected chi connectivity index (χ2v) is 6.78. The average molecular weight is 383 g/mol. The van der Waals surface area contributed by atoms with Crippen LogP contribution in [0, 0.1) is 0 Å². The molecule has 3 nitrogen and oxygen atoms in total. The Labute approximate surface area is 172 Å². The molecule has 0 bridgehead atoms. The summed E-state index contributed by atoms with van der Waals surface area (Å²) in [6.45, 7) is 1.56. The van der Waals surface area contributed by atoms with Crippen molar-refractivity contribution in [2.24, 2.45) is 0 Å². The predicted molar refractivity (Wildman–Crippen MR) is 120 cm³/mol. The number of carbonyl (C=O) groups is 1. The van der Waals surface area contributed by atoms with Crippen LogP contribution in [0.15, 0.2) is 97.1 Å². The molecule has 0 spiro atoms. The minimum Gasteiger partial charge on any atom is -0.478 e. The largest absolute Gasteiger partial charge is 0.478 e. The van der Waals surface area contributed by atoms with Crippen LogP contribution in [0.25, 0.3) is 12.2 Å². The van der Waals surface area contributed by atoms with Crippen molar-refractivity contribution in [3.05, 3.63) is 119 Å². The number of hydrogen-bond acceptors (Lipinski definition) is 2. The molecule has 0 aromatic heterocycles. The number of benzene rings is 3. The molecule has 29 heavy (non-hydrogen) atoms. The van der Waals surface area contributed by atoms with E-state index in [1.165, 1.54) is 17.2 Å². The van der Waals surface area contributed by atoms with Crippen LogP contribution in [-0.2, 0) is 4.79 Å². The van der Waals surface area contributed by atoms with Gasteiger partial charge >= 0.3 is 5.97 Å². The fraction of sp³-hybridized carbons (Fsp3) is 0.115. The quantitative estimate of drug-likeness (QED) is 0.393. The van der Waals surface area contributed by atoms with Gasteiger partial charge in [-0.25, -0.2) is 4.79 Å². The van der Waals surface area contributed by atoms with E-state index >= 15 is 0 Å². The lowest BCUT2D eigenvalue weighted by Crippen LogP contribution is -2.22. The van der Waals surface area contributed by atoms with Crippen LogP contribution in [0.1, 0.15) is 28.2 Å². The number of rotatable bonds is 9. The van der Waals surface area contributed by atoms with Gasteiger partial charge in [0.05, 0.1) is 0 Å². The lowest BCUT2D eigenvalue weighted by atomic mass is 9.90. The summed E-state index contributed by atoms with van der Waals surface area (Å²) in [7, 11) is 0. The number of carboxylic acid groups (broad SMARTS) is 1. The van der Waals surface area contributed by atoms with Gasteiger partial charge in [-0.05, 0) is 28.3 Å². The SMILES string of the molecule is O=C(O)C=Cc1cccc(C(CNCC=Cc2ccccc2)c2ccccc2)c1. The molecule has 0 saturated carbocycles. The van der Waals surface area contributed by atoms with Gasteiger partial charge in [0, 0.05) is 25.1 Å². The maximum atomic E-state index is 10.8. The summed E-state index contributed by atoms with van der Waals surface area (Å²) < 4.78 is 0. The first-order chi connectivity index (χ1) is 14.2. The van der Waals surface area contributed by atoms with E-state index in [9.17, 15) is 4.79 Å². The Hall–Kier alpha value is -3.43. The second-order valence-electron chi connectivity index (χ2n) is 6.78. The average Bonchev–Trinajstić information content (AvgIpc) is 2.76. The smallest absolute Gasteiger partial charge is 0.328 e. The molecule has 3 heteroatoms. The first kappa shape index (κ1) is 20.3. The lowest BCUT2D eigenvalue weighted by Gasteiger charge is -2.19. The molecule has 3 aromatic rings. The Morgan fingerprint density at radius 3 is 2.21 bits per heavy atom. The molecule has 3 aromatic carbocycles. The van der Waals surface area contributed by atoms with Crippen molar-refractivity contribution in [2.75, 3.05) is 13.1 Å². The molecule has 1 atom stereocenters. The van der Waals surface area contributed by atoms with Gasteiger partial charge in [0.25, 0.3) is 0 Å². The Kier molecular flexibility index (Phi) is 7.55. The first-order valence-corrected chi connectivity index (χ1v) is 9.70. The van der Waals surface area contributed by atoms with Crippen LogP contribution >= 0.6 is 0 Å². The lowest BCUT2D eigenvalue weighted by molar-refractivity contribution is -0.131. The van der Waals surface area contributed by atoms with Crippen LogP contribution in [0.5, 0.6) is 0 Å². The first-order valence-electron chi connectivity index (χ1n) is 9.70. The van der Waals surface area contributed by atoms with Gasteiger partial charge in [-0.2, -0.15) is 0 Å². The van der Waals surface area contributed by atoms with Gasteiger partial charge in [0.15, 0.2) is 0 Å². The molecule has 0 fully saturated rings. The zero-order valence-corrected chi connectivity index (χ0v) is 16.2. The van der Waals surface area contributed by atoms with Crippen LogP contribution < -0.4 is 5.32 Å². The summed E-state index contributed by atoms with van der Waals surface area (Å²) >= 11 is 0. The van der Waals surface area contributed by atoms with E-state index in [-0.39, 0.29) is 5.92 Å². The summed E-state index contributed by atoms with van der Waals surface area (Å²) in [5.74, 6) is -0.763. The van der Waals surface area contributed by atoms with Crippen LogP contribution in [0.3, 0.4) is 0 Å². The summed E-state index contributed by atoms with van der Waals surface area (Å²) in [4.78, 5) is 10.8.